The van der Waals surface area contributed by atoms with Crippen LogP contribution in [0.25, 0.3) is 0 Å². The van der Waals surface area contributed by atoms with Crippen LogP contribution in [-0.4, -0.2) is 43.9 Å². The van der Waals surface area contributed by atoms with Crippen LogP contribution in [0, 0.1) is 0 Å². The molecule has 0 spiro atoms. The van der Waals surface area contributed by atoms with E-state index in [0.717, 1.165) is 4.90 Å². The van der Waals surface area contributed by atoms with E-state index in [1.165, 1.54) is 29.2 Å². The third-order valence-corrected chi connectivity index (χ3v) is 2.33. The molecule has 1 aliphatic heterocycles. The van der Waals surface area contributed by atoms with Gasteiger partial charge in [-0.1, -0.05) is 0 Å². The molecule has 0 aromatic carbocycles. The molecule has 2 heterocycles. The molecule has 88 valence electrons. The van der Waals surface area contributed by atoms with Crippen molar-refractivity contribution in [1.29, 1.82) is 0 Å². The minimum absolute atomic E-state index is 0.0674. The first-order valence-electron chi connectivity index (χ1n) is 4.86. The zero-order chi connectivity index (χ0) is 12.4. The van der Waals surface area contributed by atoms with Gasteiger partial charge in [0.1, 0.15) is 0 Å². The number of hydrogen-bond donors (Lipinski definition) is 1. The van der Waals surface area contributed by atoms with Crippen LogP contribution in [0.15, 0.2) is 24.7 Å². The summed E-state index contributed by atoms with van der Waals surface area (Å²) >= 11 is 0. The lowest BCUT2D eigenvalue weighted by atomic mass is 10.4. The first kappa shape index (κ1) is 11.1. The lowest BCUT2D eigenvalue weighted by Gasteiger charge is -2.13. The van der Waals surface area contributed by atoms with E-state index in [2.05, 4.69) is 4.98 Å². The highest BCUT2D eigenvalue weighted by Gasteiger charge is 2.22. The molecule has 0 saturated heterocycles. The third-order valence-electron chi connectivity index (χ3n) is 2.33. The fourth-order valence-corrected chi connectivity index (χ4v) is 1.46. The lowest BCUT2D eigenvalue weighted by molar-refractivity contribution is -0.136. The second-order valence-corrected chi connectivity index (χ2v) is 3.46. The van der Waals surface area contributed by atoms with Gasteiger partial charge in [0.2, 0.25) is 0 Å². The topological polar surface area (TPSA) is 92.5 Å². The summed E-state index contributed by atoms with van der Waals surface area (Å²) in [6.07, 6.45) is 5.11. The maximum atomic E-state index is 11.2. The van der Waals surface area contributed by atoms with E-state index in [4.69, 9.17) is 5.11 Å². The van der Waals surface area contributed by atoms with Gasteiger partial charge in [0.05, 0.1) is 6.33 Å². The number of amides is 2. The maximum absolute atomic E-state index is 11.2. The molecular formula is C10H9N3O4. The van der Waals surface area contributed by atoms with Crippen molar-refractivity contribution in [1.82, 2.24) is 14.5 Å². The minimum Gasteiger partial charge on any atom is -0.476 e. The largest absolute Gasteiger partial charge is 0.476 e. The average Bonchev–Trinajstić information content (AvgIpc) is 2.85. The quantitative estimate of drug-likeness (QED) is 0.710. The van der Waals surface area contributed by atoms with Crippen LogP contribution in [0.3, 0.4) is 0 Å². The highest BCUT2D eigenvalue weighted by molar-refractivity contribution is 6.12. The first-order valence-corrected chi connectivity index (χ1v) is 4.86. The van der Waals surface area contributed by atoms with E-state index in [9.17, 15) is 14.4 Å². The monoisotopic (exact) mass is 235 g/mol. The summed E-state index contributed by atoms with van der Waals surface area (Å²) in [5, 5.41) is 8.66. The Morgan fingerprint density at radius 3 is 2.41 bits per heavy atom. The zero-order valence-corrected chi connectivity index (χ0v) is 8.74. The molecule has 1 aromatic rings. The molecule has 1 N–H and O–H groups in total. The fraction of sp³-hybridized carbons (Fsp3) is 0.200. The highest BCUT2D eigenvalue weighted by Crippen LogP contribution is 2.04. The number of aromatic nitrogens is 2. The van der Waals surface area contributed by atoms with Crippen molar-refractivity contribution in [3.05, 3.63) is 30.4 Å². The smallest absolute Gasteiger partial charge is 0.356 e. The van der Waals surface area contributed by atoms with Gasteiger partial charge in [0.25, 0.3) is 11.8 Å². The standard InChI is InChI=1S/C10H9N3O4/c14-8-1-2-9(15)13(8)4-3-12-5-7(10(16)17)11-6-12/h1-2,5-6H,3-4H2,(H,16,17). The second kappa shape index (κ2) is 4.20. The Kier molecular flexibility index (Phi) is 2.73. The van der Waals surface area contributed by atoms with Gasteiger partial charge in [0, 0.05) is 31.4 Å². The molecule has 2 rings (SSSR count). The summed E-state index contributed by atoms with van der Waals surface area (Å²) in [6.45, 7) is 0.513. The van der Waals surface area contributed by atoms with Crippen LogP contribution in [0.1, 0.15) is 10.5 Å². The second-order valence-electron chi connectivity index (χ2n) is 3.46. The molecule has 0 aliphatic carbocycles. The summed E-state index contributed by atoms with van der Waals surface area (Å²) in [5.41, 5.74) is -0.0674. The molecule has 17 heavy (non-hydrogen) atoms. The number of aromatic carboxylic acids is 1. The van der Waals surface area contributed by atoms with E-state index in [-0.39, 0.29) is 24.1 Å². The average molecular weight is 235 g/mol. The van der Waals surface area contributed by atoms with Crippen LogP contribution in [-0.2, 0) is 16.1 Å². The lowest BCUT2D eigenvalue weighted by Crippen LogP contribution is -2.32. The number of carbonyl (C=O) groups excluding carboxylic acids is 2. The molecule has 7 heteroatoms. The Hall–Kier alpha value is -2.44. The number of carbonyl (C=O) groups is 3. The van der Waals surface area contributed by atoms with Gasteiger partial charge in [-0.3, -0.25) is 14.5 Å². The molecule has 0 fully saturated rings. The van der Waals surface area contributed by atoms with Gasteiger partial charge < -0.3 is 9.67 Å². The molecular weight excluding hydrogens is 226 g/mol. The normalized spacial score (nSPS) is 14.7. The molecule has 1 aromatic heterocycles. The summed E-state index contributed by atoms with van der Waals surface area (Å²) < 4.78 is 1.52. The Balaban J connectivity index is 1.96. The number of imidazole rings is 1. The van der Waals surface area contributed by atoms with Crippen LogP contribution < -0.4 is 0 Å². The zero-order valence-electron chi connectivity index (χ0n) is 8.74. The SMILES string of the molecule is O=C(O)c1cn(CCN2C(=O)C=CC2=O)cn1. The number of nitrogens with zero attached hydrogens (tertiary/aromatic N) is 3. The number of carboxylic acid groups (broad SMARTS) is 1. The van der Waals surface area contributed by atoms with Crippen molar-refractivity contribution in [2.24, 2.45) is 0 Å². The van der Waals surface area contributed by atoms with E-state index >= 15 is 0 Å². The van der Waals surface area contributed by atoms with Gasteiger partial charge in [-0.15, -0.1) is 0 Å². The number of carboxylic acids is 1. The molecule has 0 atom stereocenters. The predicted octanol–water partition coefficient (Wildman–Crippen LogP) is -0.494. The van der Waals surface area contributed by atoms with Crippen molar-refractivity contribution in [2.45, 2.75) is 6.54 Å². The van der Waals surface area contributed by atoms with Crippen LogP contribution >= 0.6 is 0 Å². The molecule has 7 nitrogen and oxygen atoms in total. The first-order chi connectivity index (χ1) is 8.08. The minimum atomic E-state index is -1.11. The van der Waals surface area contributed by atoms with Crippen LogP contribution in [0.5, 0.6) is 0 Å². The van der Waals surface area contributed by atoms with Gasteiger partial charge >= 0.3 is 5.97 Å². The van der Waals surface area contributed by atoms with Gasteiger partial charge in [-0.05, 0) is 0 Å². The predicted molar refractivity (Wildman–Crippen MR) is 55.0 cm³/mol. The van der Waals surface area contributed by atoms with Crippen molar-refractivity contribution in [3.8, 4) is 0 Å². The van der Waals surface area contributed by atoms with Crippen molar-refractivity contribution in [2.75, 3.05) is 6.54 Å². The summed E-state index contributed by atoms with van der Waals surface area (Å²) in [7, 11) is 0. The van der Waals surface area contributed by atoms with E-state index in [1.54, 1.807) is 0 Å². The number of hydrogen-bond acceptors (Lipinski definition) is 4. The Bertz CT molecular complexity index is 499. The van der Waals surface area contributed by atoms with Crippen molar-refractivity contribution < 1.29 is 19.5 Å². The molecule has 1 aliphatic rings. The Morgan fingerprint density at radius 1 is 1.24 bits per heavy atom. The maximum Gasteiger partial charge on any atom is 0.356 e. The van der Waals surface area contributed by atoms with Gasteiger partial charge in [0.15, 0.2) is 5.69 Å². The van der Waals surface area contributed by atoms with Crippen LogP contribution in [0.2, 0.25) is 0 Å². The summed E-state index contributed by atoms with van der Waals surface area (Å²) in [6, 6.07) is 0. The van der Waals surface area contributed by atoms with Crippen molar-refractivity contribution >= 4 is 17.8 Å². The Morgan fingerprint density at radius 2 is 1.88 bits per heavy atom. The van der Waals surface area contributed by atoms with Gasteiger partial charge in [-0.2, -0.15) is 0 Å². The van der Waals surface area contributed by atoms with E-state index in [0.29, 0.717) is 6.54 Å². The van der Waals surface area contributed by atoms with Crippen LogP contribution in [0.4, 0.5) is 0 Å². The van der Waals surface area contributed by atoms with E-state index in [1.807, 2.05) is 0 Å². The van der Waals surface area contributed by atoms with Gasteiger partial charge in [-0.25, -0.2) is 9.78 Å². The van der Waals surface area contributed by atoms with E-state index < -0.39 is 5.97 Å². The van der Waals surface area contributed by atoms with Crippen molar-refractivity contribution in [3.63, 3.8) is 0 Å². The number of imide groups is 1. The molecule has 0 unspecified atom stereocenters. The molecule has 2 amide bonds. The number of rotatable bonds is 4. The summed E-state index contributed by atoms with van der Waals surface area (Å²) in [4.78, 5) is 37.8. The third kappa shape index (κ3) is 2.22. The highest BCUT2D eigenvalue weighted by atomic mass is 16.4. The Labute approximate surface area is 96.0 Å². The fourth-order valence-electron chi connectivity index (χ4n) is 1.46. The summed E-state index contributed by atoms with van der Waals surface area (Å²) in [5.74, 6) is -1.82. The molecule has 0 saturated carbocycles. The molecule has 0 radical (unpaired) electrons. The molecule has 0 bridgehead atoms.